The molecule has 1 saturated heterocycles. The smallest absolute Gasteiger partial charge is 0.295 e. The molecule has 2 aromatic rings. The highest BCUT2D eigenvalue weighted by Crippen LogP contribution is 2.39. The number of amides is 1. The van der Waals surface area contributed by atoms with E-state index in [1.54, 1.807) is 36.4 Å². The highest BCUT2D eigenvalue weighted by molar-refractivity contribution is 6.46. The predicted molar refractivity (Wildman–Crippen MR) is 113 cm³/mol. The number of likely N-dealkylation sites (N-methyl/N-ethyl adjacent to an activating group) is 1. The molecule has 1 fully saturated rings. The normalized spacial score (nSPS) is 18.3. The minimum Gasteiger partial charge on any atom is -0.508 e. The first kappa shape index (κ1) is 21.4. The van der Waals surface area contributed by atoms with Gasteiger partial charge in [-0.15, -0.1) is 0 Å². The number of likely N-dealkylation sites (tertiary alicyclic amines) is 1. The molecule has 0 aromatic heterocycles. The summed E-state index contributed by atoms with van der Waals surface area (Å²) in [6.45, 7) is 3.20. The number of aliphatic hydroxyl groups excluding tert-OH is 1. The first-order chi connectivity index (χ1) is 14.3. The highest BCUT2D eigenvalue weighted by atomic mass is 16.5. The van der Waals surface area contributed by atoms with Gasteiger partial charge in [0.15, 0.2) is 0 Å². The molecule has 158 valence electrons. The van der Waals surface area contributed by atoms with Gasteiger partial charge in [-0.25, -0.2) is 0 Å². The fourth-order valence-corrected chi connectivity index (χ4v) is 3.48. The van der Waals surface area contributed by atoms with Crippen molar-refractivity contribution in [2.75, 3.05) is 33.8 Å². The molecule has 30 heavy (non-hydrogen) atoms. The van der Waals surface area contributed by atoms with Gasteiger partial charge in [0.25, 0.3) is 11.7 Å². The average molecular weight is 410 g/mol. The molecular formula is C23H26N2O5. The summed E-state index contributed by atoms with van der Waals surface area (Å²) in [6, 6.07) is 12.3. The number of ether oxygens (including phenoxy) is 1. The van der Waals surface area contributed by atoms with Crippen molar-refractivity contribution in [3.8, 4) is 11.5 Å². The van der Waals surface area contributed by atoms with Crippen molar-refractivity contribution < 1.29 is 24.5 Å². The average Bonchev–Trinajstić information content (AvgIpc) is 2.97. The minimum atomic E-state index is -0.749. The molecule has 1 aliphatic heterocycles. The van der Waals surface area contributed by atoms with E-state index < -0.39 is 17.7 Å². The van der Waals surface area contributed by atoms with E-state index in [1.165, 1.54) is 17.0 Å². The number of carbonyl (C=O) groups excluding carboxylic acids is 2. The first-order valence-electron chi connectivity index (χ1n) is 9.78. The zero-order valence-corrected chi connectivity index (χ0v) is 17.3. The number of Topliss-reactive ketones (excluding diaryl/α,β-unsaturated/α-hetero) is 1. The Bertz CT molecular complexity index is 966. The number of aliphatic hydroxyl groups is 1. The number of hydrogen-bond acceptors (Lipinski definition) is 6. The van der Waals surface area contributed by atoms with Gasteiger partial charge in [-0.3, -0.25) is 9.59 Å². The van der Waals surface area contributed by atoms with Crippen LogP contribution in [-0.2, 0) is 9.59 Å². The number of phenolic OH excluding ortho intramolecular Hbond substituents is 1. The molecule has 1 aliphatic rings. The van der Waals surface area contributed by atoms with E-state index in [2.05, 4.69) is 0 Å². The predicted octanol–water partition coefficient (Wildman–Crippen LogP) is 2.77. The van der Waals surface area contributed by atoms with Crippen LogP contribution in [0.2, 0.25) is 0 Å². The third-order valence-electron chi connectivity index (χ3n) is 4.96. The van der Waals surface area contributed by atoms with E-state index in [0.29, 0.717) is 36.6 Å². The number of hydrogen-bond donors (Lipinski definition) is 2. The van der Waals surface area contributed by atoms with Crippen LogP contribution < -0.4 is 4.74 Å². The van der Waals surface area contributed by atoms with Crippen molar-refractivity contribution in [1.82, 2.24) is 9.80 Å². The SMILES string of the molecule is CCOc1cccc(/C(O)=C2\C(=O)C(=O)N(CCN(C)C)C2c2ccc(O)cc2)c1. The van der Waals surface area contributed by atoms with Crippen molar-refractivity contribution >= 4 is 17.4 Å². The lowest BCUT2D eigenvalue weighted by atomic mass is 9.95. The van der Waals surface area contributed by atoms with E-state index in [9.17, 15) is 19.8 Å². The zero-order valence-electron chi connectivity index (χ0n) is 17.3. The van der Waals surface area contributed by atoms with Gasteiger partial charge in [0.05, 0.1) is 18.2 Å². The van der Waals surface area contributed by atoms with Gasteiger partial charge in [-0.2, -0.15) is 0 Å². The molecule has 1 amide bonds. The Morgan fingerprint density at radius 3 is 2.47 bits per heavy atom. The van der Waals surface area contributed by atoms with Crippen LogP contribution in [0.5, 0.6) is 11.5 Å². The number of benzene rings is 2. The topological polar surface area (TPSA) is 90.3 Å². The van der Waals surface area contributed by atoms with E-state index >= 15 is 0 Å². The third kappa shape index (κ3) is 4.31. The number of aromatic hydroxyl groups is 1. The maximum atomic E-state index is 12.9. The molecule has 0 aliphatic carbocycles. The van der Waals surface area contributed by atoms with Gasteiger partial charge >= 0.3 is 0 Å². The lowest BCUT2D eigenvalue weighted by molar-refractivity contribution is -0.140. The Labute approximate surface area is 175 Å². The maximum Gasteiger partial charge on any atom is 0.295 e. The third-order valence-corrected chi connectivity index (χ3v) is 4.96. The number of nitrogens with zero attached hydrogens (tertiary/aromatic N) is 2. The molecule has 1 unspecified atom stereocenters. The van der Waals surface area contributed by atoms with Crippen molar-refractivity contribution in [2.24, 2.45) is 0 Å². The van der Waals surface area contributed by atoms with Crippen LogP contribution in [-0.4, -0.2) is 65.5 Å². The van der Waals surface area contributed by atoms with Gasteiger partial charge < -0.3 is 24.7 Å². The standard InChI is InChI=1S/C23H26N2O5/c1-4-30-18-7-5-6-16(14-18)21(27)19-20(15-8-10-17(26)11-9-15)25(13-12-24(2)3)23(29)22(19)28/h5-11,14,20,26-27H,4,12-13H2,1-3H3/b21-19+. The van der Waals surface area contributed by atoms with Gasteiger partial charge in [0.2, 0.25) is 0 Å². The Balaban J connectivity index is 2.12. The van der Waals surface area contributed by atoms with Crippen LogP contribution in [0.4, 0.5) is 0 Å². The molecule has 7 nitrogen and oxygen atoms in total. The fraction of sp³-hybridized carbons (Fsp3) is 0.304. The second-order valence-corrected chi connectivity index (χ2v) is 7.35. The molecule has 0 saturated carbocycles. The molecule has 1 atom stereocenters. The fourth-order valence-electron chi connectivity index (χ4n) is 3.48. The summed E-state index contributed by atoms with van der Waals surface area (Å²) >= 11 is 0. The maximum absolute atomic E-state index is 12.9. The second-order valence-electron chi connectivity index (χ2n) is 7.35. The largest absolute Gasteiger partial charge is 0.508 e. The van der Waals surface area contributed by atoms with Crippen molar-refractivity contribution in [2.45, 2.75) is 13.0 Å². The zero-order chi connectivity index (χ0) is 21.8. The quantitative estimate of drug-likeness (QED) is 0.414. The molecule has 0 bridgehead atoms. The summed E-state index contributed by atoms with van der Waals surface area (Å²) in [6.07, 6.45) is 0. The molecule has 3 rings (SSSR count). The van der Waals surface area contributed by atoms with E-state index in [4.69, 9.17) is 4.74 Å². The number of phenols is 1. The van der Waals surface area contributed by atoms with Crippen LogP contribution in [0.15, 0.2) is 54.1 Å². The van der Waals surface area contributed by atoms with Crippen molar-refractivity contribution in [3.63, 3.8) is 0 Å². The molecule has 1 heterocycles. The van der Waals surface area contributed by atoms with Crippen LogP contribution in [0, 0.1) is 0 Å². The monoisotopic (exact) mass is 410 g/mol. The van der Waals surface area contributed by atoms with Gasteiger partial charge in [0, 0.05) is 18.7 Å². The van der Waals surface area contributed by atoms with Gasteiger partial charge in [-0.1, -0.05) is 24.3 Å². The molecule has 7 heteroatoms. The van der Waals surface area contributed by atoms with E-state index in [-0.39, 0.29) is 17.1 Å². The van der Waals surface area contributed by atoms with Gasteiger partial charge in [0.1, 0.15) is 17.3 Å². The number of rotatable bonds is 7. The second kappa shape index (κ2) is 9.00. The Kier molecular flexibility index (Phi) is 6.42. The summed E-state index contributed by atoms with van der Waals surface area (Å²) in [5.74, 6) is -0.998. The first-order valence-corrected chi connectivity index (χ1v) is 9.78. The van der Waals surface area contributed by atoms with Crippen LogP contribution in [0.3, 0.4) is 0 Å². The van der Waals surface area contributed by atoms with E-state index in [1.807, 2.05) is 25.9 Å². The Hall–Kier alpha value is -3.32. The van der Waals surface area contributed by atoms with Crippen molar-refractivity contribution in [1.29, 1.82) is 0 Å². The summed E-state index contributed by atoms with van der Waals surface area (Å²) in [5, 5.41) is 20.7. The Morgan fingerprint density at radius 2 is 1.83 bits per heavy atom. The molecule has 2 N–H and O–H groups in total. The van der Waals surface area contributed by atoms with Crippen LogP contribution >= 0.6 is 0 Å². The minimum absolute atomic E-state index is 0.0260. The van der Waals surface area contributed by atoms with E-state index in [0.717, 1.165) is 0 Å². The van der Waals surface area contributed by atoms with Crippen molar-refractivity contribution in [3.05, 3.63) is 65.2 Å². The molecular weight excluding hydrogens is 384 g/mol. The summed E-state index contributed by atoms with van der Waals surface area (Å²) < 4.78 is 5.49. The van der Waals surface area contributed by atoms with Crippen LogP contribution in [0.25, 0.3) is 5.76 Å². The number of ketones is 1. The lowest BCUT2D eigenvalue weighted by Gasteiger charge is -2.26. The Morgan fingerprint density at radius 1 is 1.13 bits per heavy atom. The summed E-state index contributed by atoms with van der Waals surface area (Å²) in [4.78, 5) is 29.1. The summed E-state index contributed by atoms with van der Waals surface area (Å²) in [5.41, 5.74) is 1.06. The molecule has 0 radical (unpaired) electrons. The number of carbonyl (C=O) groups is 2. The molecule has 0 spiro atoms. The molecule has 2 aromatic carbocycles. The van der Waals surface area contributed by atoms with Crippen LogP contribution in [0.1, 0.15) is 24.1 Å². The highest BCUT2D eigenvalue weighted by Gasteiger charge is 2.45. The lowest BCUT2D eigenvalue weighted by Crippen LogP contribution is -2.35. The summed E-state index contributed by atoms with van der Waals surface area (Å²) in [7, 11) is 3.76. The van der Waals surface area contributed by atoms with Gasteiger partial charge in [-0.05, 0) is 50.8 Å².